The van der Waals surface area contributed by atoms with Crippen molar-refractivity contribution in [2.24, 2.45) is 5.92 Å². The van der Waals surface area contributed by atoms with Gasteiger partial charge in [0.25, 0.3) is 0 Å². The fourth-order valence-corrected chi connectivity index (χ4v) is 2.49. The topological polar surface area (TPSA) is 43.4 Å². The summed E-state index contributed by atoms with van der Waals surface area (Å²) >= 11 is -2.07. The number of hydrogen-bond acceptors (Lipinski definition) is 3. The predicted octanol–water partition coefficient (Wildman–Crippen LogP) is 3.27. The third kappa shape index (κ3) is 8.25. The Hall–Kier alpha value is 0.0687. The summed E-state index contributed by atoms with van der Waals surface area (Å²) in [5.74, 6) is -0.265. The summed E-state index contributed by atoms with van der Waals surface area (Å²) < 4.78 is 15.0. The molecule has 1 atom stereocenters. The van der Waals surface area contributed by atoms with Gasteiger partial charge in [0.2, 0.25) is 0 Å². The molecular weight excluding hydrogens is 311 g/mol. The number of carbonyl (C=O) groups excluding carboxylic acids is 1. The molecule has 93 valence electrons. The molecule has 0 aliphatic heterocycles. The first kappa shape index (κ1) is 16.1. The Morgan fingerprint density at radius 3 is 2.31 bits per heavy atom. The zero-order valence-electron chi connectivity index (χ0n) is 10.5. The Morgan fingerprint density at radius 2 is 1.75 bits per heavy atom. The predicted molar refractivity (Wildman–Crippen MR) is 64.3 cm³/mol. The first-order valence-electron chi connectivity index (χ1n) is 6.34. The minimum absolute atomic E-state index is 0.0268. The fourth-order valence-electron chi connectivity index (χ4n) is 1.78. The molecule has 0 aromatic heterocycles. The van der Waals surface area contributed by atoms with Crippen LogP contribution in [0.4, 0.5) is 0 Å². The van der Waals surface area contributed by atoms with Crippen molar-refractivity contribution in [2.75, 3.05) is 0 Å². The normalized spacial score (nSPS) is 12.1. The summed E-state index contributed by atoms with van der Waals surface area (Å²) in [4.78, 5) is 11.4. The van der Waals surface area contributed by atoms with E-state index in [1.165, 1.54) is 32.1 Å². The van der Waals surface area contributed by atoms with Crippen LogP contribution in [0.25, 0.3) is 0 Å². The first-order chi connectivity index (χ1) is 7.76. The molecule has 0 N–H and O–H groups in total. The molecule has 0 spiro atoms. The van der Waals surface area contributed by atoms with Crippen LogP contribution in [0, 0.1) is 5.92 Å². The van der Waals surface area contributed by atoms with Gasteiger partial charge >= 0.3 is 110 Å². The van der Waals surface area contributed by atoms with Gasteiger partial charge in [0, 0.05) is 0 Å². The third-order valence-corrected chi connectivity index (χ3v) is 3.69. The van der Waals surface area contributed by atoms with Gasteiger partial charge < -0.3 is 0 Å². The van der Waals surface area contributed by atoms with E-state index in [0.29, 0.717) is 0 Å². The zero-order valence-corrected chi connectivity index (χ0v) is 13.3. The van der Waals surface area contributed by atoms with Crippen LogP contribution in [-0.4, -0.2) is 27.5 Å². The van der Waals surface area contributed by atoms with Gasteiger partial charge in [0.15, 0.2) is 0 Å². The third-order valence-electron chi connectivity index (χ3n) is 2.87. The fraction of sp³-hybridized carbons (Fsp3) is 0.917. The maximum atomic E-state index is 11.4. The Morgan fingerprint density at radius 1 is 1.12 bits per heavy atom. The van der Waals surface area contributed by atoms with Gasteiger partial charge in [-0.05, 0) is 0 Å². The molecule has 1 unspecified atom stereocenters. The van der Waals surface area contributed by atoms with Crippen LogP contribution in [0.2, 0.25) is 0 Å². The van der Waals surface area contributed by atoms with Crippen molar-refractivity contribution in [1.82, 2.24) is 0 Å². The monoisotopic (exact) mass is 335 g/mol. The number of unbranched alkanes of at least 4 members (excludes halogenated alkanes) is 5. The van der Waals surface area contributed by atoms with Gasteiger partial charge in [-0.2, -0.15) is 0 Å². The van der Waals surface area contributed by atoms with Crippen LogP contribution in [0.1, 0.15) is 65.2 Å². The van der Waals surface area contributed by atoms with Crippen molar-refractivity contribution < 1.29 is 10.9 Å². The van der Waals surface area contributed by atoms with E-state index in [1.807, 2.05) is 6.92 Å². The molecule has 16 heavy (non-hydrogen) atoms. The van der Waals surface area contributed by atoms with Crippen LogP contribution >= 0.6 is 0 Å². The molecule has 0 amide bonds. The van der Waals surface area contributed by atoms with Gasteiger partial charge in [-0.25, -0.2) is 0 Å². The summed E-state index contributed by atoms with van der Waals surface area (Å²) in [5, 5.41) is 0. The van der Waals surface area contributed by atoms with E-state index < -0.39 is 21.5 Å². The van der Waals surface area contributed by atoms with E-state index >= 15 is 0 Å². The molecule has 0 saturated carbocycles. The second kappa shape index (κ2) is 11.6. The van der Waals surface area contributed by atoms with Gasteiger partial charge in [0.1, 0.15) is 0 Å². The Bertz CT molecular complexity index is 195. The van der Waals surface area contributed by atoms with Crippen LogP contribution in [-0.2, 0) is 10.9 Å². The van der Waals surface area contributed by atoms with E-state index in [9.17, 15) is 7.87 Å². The van der Waals surface area contributed by atoms with Crippen molar-refractivity contribution in [3.05, 3.63) is 0 Å². The molecular formula is C12H23O3Sn. The van der Waals surface area contributed by atoms with Gasteiger partial charge in [-0.15, -0.1) is 0 Å². The quantitative estimate of drug-likeness (QED) is 0.455. The summed E-state index contributed by atoms with van der Waals surface area (Å²) in [6, 6.07) is 0. The van der Waals surface area contributed by atoms with Gasteiger partial charge in [-0.3, -0.25) is 0 Å². The second-order valence-corrected chi connectivity index (χ2v) is 5.22. The van der Waals surface area contributed by atoms with Crippen molar-refractivity contribution >= 4 is 27.5 Å². The summed E-state index contributed by atoms with van der Waals surface area (Å²) in [6.07, 6.45) is 9.10. The average molecular weight is 334 g/mol. The molecule has 0 heterocycles. The molecule has 0 rings (SSSR count). The Kier molecular flexibility index (Phi) is 11.6. The van der Waals surface area contributed by atoms with Crippen molar-refractivity contribution in [1.29, 1.82) is 0 Å². The van der Waals surface area contributed by atoms with Gasteiger partial charge in [0.05, 0.1) is 0 Å². The van der Waals surface area contributed by atoms with E-state index in [4.69, 9.17) is 0 Å². The molecule has 0 fully saturated rings. The summed E-state index contributed by atoms with van der Waals surface area (Å²) in [7, 11) is 0. The Labute approximate surface area is 109 Å². The summed E-state index contributed by atoms with van der Waals surface area (Å²) in [6.45, 7) is 4.19. The zero-order chi connectivity index (χ0) is 12.2. The molecule has 0 aromatic rings. The Balaban J connectivity index is 3.55. The van der Waals surface area contributed by atoms with Crippen LogP contribution < -0.4 is 0 Å². The van der Waals surface area contributed by atoms with E-state index in [1.54, 1.807) is 0 Å². The first-order valence-corrected chi connectivity index (χ1v) is 8.67. The number of rotatable bonds is 10. The van der Waals surface area contributed by atoms with E-state index in [0.717, 1.165) is 19.3 Å². The van der Waals surface area contributed by atoms with Crippen LogP contribution in [0.5, 0.6) is 0 Å². The molecule has 0 saturated heterocycles. The molecule has 0 aliphatic carbocycles. The van der Waals surface area contributed by atoms with E-state index in [-0.39, 0.29) is 11.9 Å². The number of carbonyl (C=O) groups is 1. The van der Waals surface area contributed by atoms with Crippen molar-refractivity contribution in [3.8, 4) is 0 Å². The van der Waals surface area contributed by atoms with Crippen LogP contribution in [0.3, 0.4) is 0 Å². The second-order valence-electron chi connectivity index (χ2n) is 4.17. The minimum atomic E-state index is -2.07. The molecule has 1 radical (unpaired) electrons. The summed E-state index contributed by atoms with van der Waals surface area (Å²) in [5.41, 5.74) is 0. The van der Waals surface area contributed by atoms with Gasteiger partial charge in [-0.1, -0.05) is 0 Å². The van der Waals surface area contributed by atoms with Crippen LogP contribution in [0.15, 0.2) is 0 Å². The average Bonchev–Trinajstić information content (AvgIpc) is 2.28. The molecule has 4 heteroatoms. The molecule has 3 nitrogen and oxygen atoms in total. The SMILES string of the molecule is CCCCCCCCC(CC)C(=O)[O][Sn]=[O]. The maximum absolute atomic E-state index is 11.4. The van der Waals surface area contributed by atoms with Crippen molar-refractivity contribution in [2.45, 2.75) is 65.2 Å². The molecule has 0 bridgehead atoms. The molecule has 0 aliphatic rings. The van der Waals surface area contributed by atoms with E-state index in [2.05, 4.69) is 10.00 Å². The molecule has 0 aromatic carbocycles. The standard InChI is InChI=1S/C12H24O2.O.Sn/c1-3-5-6-7-8-9-10-11(4-2)12(13)14;;/h11H,3-10H2,1-2H3,(H,13,14);;/q;;+1/p-1. The number of hydrogen-bond donors (Lipinski definition) is 0. The van der Waals surface area contributed by atoms with Crippen molar-refractivity contribution in [3.63, 3.8) is 0 Å².